The normalized spacial score (nSPS) is 12.8. The van der Waals surface area contributed by atoms with Crippen molar-refractivity contribution in [1.82, 2.24) is 0 Å². The van der Waals surface area contributed by atoms with Gasteiger partial charge in [0.2, 0.25) is 0 Å². The molecule has 0 saturated heterocycles. The number of hydrogen-bond donors (Lipinski definition) is 0. The third kappa shape index (κ3) is 5.15. The van der Waals surface area contributed by atoms with Crippen molar-refractivity contribution in [3.63, 3.8) is 0 Å². The van der Waals surface area contributed by atoms with Crippen LogP contribution in [0.15, 0.2) is 62.9 Å². The summed E-state index contributed by atoms with van der Waals surface area (Å²) in [6, 6.07) is 15.8. The van der Waals surface area contributed by atoms with E-state index < -0.39 is 11.2 Å². The fourth-order valence-electron chi connectivity index (χ4n) is 1.52. The van der Waals surface area contributed by atoms with Crippen LogP contribution in [0.4, 0.5) is 0 Å². The maximum atomic E-state index is 11.9. The third-order valence-corrected chi connectivity index (χ3v) is 4.62. The first-order chi connectivity index (χ1) is 9.13. The Bertz CT molecular complexity index is 549. The van der Waals surface area contributed by atoms with Gasteiger partial charge in [-0.3, -0.25) is 0 Å². The molecule has 0 aliphatic heterocycles. The van der Waals surface area contributed by atoms with E-state index in [2.05, 4.69) is 31.9 Å². The van der Waals surface area contributed by atoms with Crippen molar-refractivity contribution in [1.29, 1.82) is 0 Å². The molecule has 1 nitrogen and oxygen atoms in total. The van der Waals surface area contributed by atoms with Gasteiger partial charge < -0.3 is 4.55 Å². The molecule has 0 fully saturated rings. The van der Waals surface area contributed by atoms with Crippen LogP contribution < -0.4 is 0 Å². The van der Waals surface area contributed by atoms with E-state index in [9.17, 15) is 4.55 Å². The van der Waals surface area contributed by atoms with Gasteiger partial charge in [-0.25, -0.2) is 0 Å². The van der Waals surface area contributed by atoms with Crippen LogP contribution in [0.5, 0.6) is 0 Å². The van der Waals surface area contributed by atoms with Crippen molar-refractivity contribution in [2.75, 3.05) is 0 Å². The monoisotopic (exact) mass is 398 g/mol. The fourth-order valence-corrected chi connectivity index (χ4v) is 2.98. The molecule has 0 bridgehead atoms. The van der Waals surface area contributed by atoms with Crippen LogP contribution in [0.25, 0.3) is 6.08 Å². The second-order valence-corrected chi connectivity index (χ2v) is 7.16. The highest BCUT2D eigenvalue weighted by Gasteiger charge is 2.03. The van der Waals surface area contributed by atoms with E-state index >= 15 is 0 Å². The van der Waals surface area contributed by atoms with Crippen molar-refractivity contribution in [2.45, 2.75) is 5.75 Å². The molecule has 0 aliphatic carbocycles. The number of benzene rings is 2. The molecular weight excluding hydrogens is 388 g/mol. The Kier molecular flexibility index (Phi) is 5.70. The first kappa shape index (κ1) is 14.9. The molecule has 1 atom stereocenters. The number of halogens is 2. The second-order valence-electron chi connectivity index (χ2n) is 4.01. The highest BCUT2D eigenvalue weighted by molar-refractivity contribution is 9.10. The van der Waals surface area contributed by atoms with E-state index in [-0.39, 0.29) is 0 Å². The molecule has 0 N–H and O–H groups in total. The molecular formula is C15H12Br2OS. The predicted molar refractivity (Wildman–Crippen MR) is 89.2 cm³/mol. The first-order valence-corrected chi connectivity index (χ1v) is 8.66. The average Bonchev–Trinajstić information content (AvgIpc) is 2.41. The molecule has 0 saturated carbocycles. The van der Waals surface area contributed by atoms with Crippen molar-refractivity contribution < 1.29 is 4.55 Å². The summed E-state index contributed by atoms with van der Waals surface area (Å²) in [6.07, 6.45) is 1.89. The van der Waals surface area contributed by atoms with Crippen molar-refractivity contribution in [3.8, 4) is 0 Å². The molecule has 4 heteroatoms. The standard InChI is InChI=1S/C15H12Br2OS/c16-14-5-1-12(2-6-14)9-10-19(18)11-13-3-7-15(17)8-4-13/h1-10H,11H2/b10-9+. The molecule has 2 aromatic rings. The largest absolute Gasteiger partial charge is 0.612 e. The first-order valence-electron chi connectivity index (χ1n) is 5.69. The van der Waals surface area contributed by atoms with Crippen LogP contribution in [0.3, 0.4) is 0 Å². The molecule has 1 unspecified atom stereocenters. The van der Waals surface area contributed by atoms with E-state index in [4.69, 9.17) is 0 Å². The fraction of sp³-hybridized carbons (Fsp3) is 0.0667. The highest BCUT2D eigenvalue weighted by Crippen LogP contribution is 2.15. The zero-order valence-electron chi connectivity index (χ0n) is 10.1. The van der Waals surface area contributed by atoms with E-state index in [1.165, 1.54) is 0 Å². The van der Waals surface area contributed by atoms with Gasteiger partial charge >= 0.3 is 0 Å². The summed E-state index contributed by atoms with van der Waals surface area (Å²) in [5, 5.41) is 1.74. The smallest absolute Gasteiger partial charge is 0.135 e. The summed E-state index contributed by atoms with van der Waals surface area (Å²) in [5.41, 5.74) is 2.12. The maximum Gasteiger partial charge on any atom is 0.135 e. The summed E-state index contributed by atoms with van der Waals surface area (Å²) in [6.45, 7) is 0. The van der Waals surface area contributed by atoms with Gasteiger partial charge in [0.25, 0.3) is 0 Å². The molecule has 2 rings (SSSR count). The van der Waals surface area contributed by atoms with E-state index in [0.717, 1.165) is 20.1 Å². The molecule has 2 aromatic carbocycles. The van der Waals surface area contributed by atoms with Gasteiger partial charge in [0.1, 0.15) is 11.2 Å². The van der Waals surface area contributed by atoms with Gasteiger partial charge in [0.05, 0.1) is 0 Å². The summed E-state index contributed by atoms with van der Waals surface area (Å²) < 4.78 is 14.0. The van der Waals surface area contributed by atoms with Gasteiger partial charge in [0.15, 0.2) is 0 Å². The zero-order chi connectivity index (χ0) is 13.7. The lowest BCUT2D eigenvalue weighted by atomic mass is 10.2. The quantitative estimate of drug-likeness (QED) is 0.653. The third-order valence-electron chi connectivity index (χ3n) is 2.50. The molecule has 19 heavy (non-hydrogen) atoms. The van der Waals surface area contributed by atoms with Crippen molar-refractivity contribution in [2.24, 2.45) is 0 Å². The lowest BCUT2D eigenvalue weighted by Gasteiger charge is -2.05. The second kappa shape index (κ2) is 7.29. The lowest BCUT2D eigenvalue weighted by Crippen LogP contribution is -1.99. The van der Waals surface area contributed by atoms with Crippen LogP contribution >= 0.6 is 31.9 Å². The topological polar surface area (TPSA) is 23.1 Å². The van der Waals surface area contributed by atoms with Gasteiger partial charge in [0, 0.05) is 14.5 Å². The van der Waals surface area contributed by atoms with Crippen LogP contribution in [0, 0.1) is 0 Å². The molecule has 0 aromatic heterocycles. The van der Waals surface area contributed by atoms with E-state index in [1.54, 1.807) is 5.41 Å². The molecule has 98 valence electrons. The van der Waals surface area contributed by atoms with Crippen LogP contribution in [-0.2, 0) is 16.9 Å². The van der Waals surface area contributed by atoms with Crippen LogP contribution in [-0.4, -0.2) is 4.55 Å². The van der Waals surface area contributed by atoms with E-state index in [1.807, 2.05) is 54.6 Å². The molecule has 0 spiro atoms. The minimum Gasteiger partial charge on any atom is -0.612 e. The number of rotatable bonds is 4. The maximum absolute atomic E-state index is 11.9. The minimum atomic E-state index is -0.991. The predicted octanol–water partition coefficient (Wildman–Crippen LogP) is 5.13. The Labute approximate surface area is 133 Å². The van der Waals surface area contributed by atoms with Gasteiger partial charge in [-0.1, -0.05) is 56.1 Å². The molecule has 0 amide bonds. The highest BCUT2D eigenvalue weighted by atomic mass is 79.9. The summed E-state index contributed by atoms with van der Waals surface area (Å²) in [4.78, 5) is 0. The zero-order valence-corrected chi connectivity index (χ0v) is 14.0. The molecule has 0 aliphatic rings. The molecule has 0 radical (unpaired) electrons. The average molecular weight is 400 g/mol. The SMILES string of the molecule is [O-][S+](/C=C/c1ccc(Br)cc1)Cc1ccc(Br)cc1. The molecule has 0 heterocycles. The Morgan fingerprint density at radius 3 is 2.00 bits per heavy atom. The minimum absolute atomic E-state index is 0.542. The van der Waals surface area contributed by atoms with E-state index in [0.29, 0.717) is 5.75 Å². The van der Waals surface area contributed by atoms with Crippen molar-refractivity contribution >= 4 is 49.1 Å². The summed E-state index contributed by atoms with van der Waals surface area (Å²) in [7, 11) is 0. The lowest BCUT2D eigenvalue weighted by molar-refractivity contribution is 0.603. The Hall–Kier alpha value is -0.550. The number of hydrogen-bond acceptors (Lipinski definition) is 1. The van der Waals surface area contributed by atoms with Gasteiger partial charge in [-0.05, 0) is 47.1 Å². The van der Waals surface area contributed by atoms with Gasteiger partial charge in [-0.15, -0.1) is 0 Å². The van der Waals surface area contributed by atoms with Crippen LogP contribution in [0.1, 0.15) is 11.1 Å². The Balaban J connectivity index is 1.95. The Morgan fingerprint density at radius 1 is 0.895 bits per heavy atom. The Morgan fingerprint density at radius 2 is 1.42 bits per heavy atom. The summed E-state index contributed by atoms with van der Waals surface area (Å²) in [5.74, 6) is 0.542. The van der Waals surface area contributed by atoms with Crippen molar-refractivity contribution in [3.05, 3.63) is 74.0 Å². The summed E-state index contributed by atoms with van der Waals surface area (Å²) >= 11 is 5.78. The van der Waals surface area contributed by atoms with Gasteiger partial charge in [-0.2, -0.15) is 0 Å². The van der Waals surface area contributed by atoms with Crippen LogP contribution in [0.2, 0.25) is 0 Å².